The van der Waals surface area contributed by atoms with Gasteiger partial charge in [0.25, 0.3) is 0 Å². The second-order valence-electron chi connectivity index (χ2n) is 1.43. The van der Waals surface area contributed by atoms with Gasteiger partial charge in [0.2, 0.25) is 0 Å². The minimum absolute atomic E-state index is 0.908. The van der Waals surface area contributed by atoms with E-state index in [2.05, 4.69) is 5.18 Å². The van der Waals surface area contributed by atoms with Crippen molar-refractivity contribution >= 4 is 0 Å². The molecule has 0 aliphatic rings. The van der Waals surface area contributed by atoms with Crippen LogP contribution in [0.25, 0.3) is 0 Å². The Balaban J connectivity index is 3.49. The molecule has 0 rings (SSSR count). The van der Waals surface area contributed by atoms with Crippen LogP contribution in [0.1, 0.15) is 20.3 Å². The van der Waals surface area contributed by atoms with E-state index in [0.29, 0.717) is 0 Å². The predicted octanol–water partition coefficient (Wildman–Crippen LogP) is 2.07. The molecule has 0 bridgehead atoms. The van der Waals surface area contributed by atoms with Gasteiger partial charge in [-0.25, -0.2) is 0 Å². The Morgan fingerprint density at radius 2 is 2.43 bits per heavy atom. The molecule has 0 saturated carbocycles. The molecule has 0 heterocycles. The quantitative estimate of drug-likeness (QED) is 0.487. The van der Waals surface area contributed by atoms with Crippen molar-refractivity contribution in [3.8, 4) is 0 Å². The molecule has 0 aromatic rings. The van der Waals surface area contributed by atoms with E-state index < -0.39 is 0 Å². The zero-order valence-corrected chi connectivity index (χ0v) is 4.64. The second-order valence-corrected chi connectivity index (χ2v) is 1.43. The highest BCUT2D eigenvalue weighted by atomic mass is 16.2. The maximum absolute atomic E-state index is 9.45. The minimum atomic E-state index is 0.908. The first kappa shape index (κ1) is 6.34. The fourth-order valence-corrected chi connectivity index (χ4v) is 0.181. The molecule has 2 nitrogen and oxygen atoms in total. The monoisotopic (exact) mass is 99.1 g/mol. The van der Waals surface area contributed by atoms with E-state index >= 15 is 0 Å². The Hall–Kier alpha value is -0.660. The summed E-state index contributed by atoms with van der Waals surface area (Å²) in [7, 11) is 0. The average molecular weight is 99.1 g/mol. The fourth-order valence-electron chi connectivity index (χ4n) is 0.181. The van der Waals surface area contributed by atoms with Crippen molar-refractivity contribution < 1.29 is 0 Å². The van der Waals surface area contributed by atoms with E-state index in [9.17, 15) is 4.91 Å². The van der Waals surface area contributed by atoms with E-state index in [4.69, 9.17) is 0 Å². The van der Waals surface area contributed by atoms with Gasteiger partial charge in [-0.05, 0) is 18.5 Å². The first-order chi connectivity index (χ1) is 3.31. The summed E-state index contributed by atoms with van der Waals surface area (Å²) in [6, 6.07) is 0. The topological polar surface area (TPSA) is 29.4 Å². The molecule has 0 amide bonds. The lowest BCUT2D eigenvalue weighted by atomic mass is 10.3. The third-order valence-electron chi connectivity index (χ3n) is 0.831. The maximum Gasteiger partial charge on any atom is 0.0703 e. The van der Waals surface area contributed by atoms with Gasteiger partial charge in [-0.1, -0.05) is 12.5 Å². The standard InChI is InChI=1S/C5H9NO/c1-3-5(2)4-6-7/h4H,3H2,1-2H3/b5-4+. The summed E-state index contributed by atoms with van der Waals surface area (Å²) in [5, 5.41) is 2.59. The molecule has 7 heavy (non-hydrogen) atoms. The van der Waals surface area contributed by atoms with Crippen LogP contribution in [0.5, 0.6) is 0 Å². The van der Waals surface area contributed by atoms with Gasteiger partial charge in [-0.3, -0.25) is 0 Å². The Kier molecular flexibility index (Phi) is 3.19. The van der Waals surface area contributed by atoms with Crippen molar-refractivity contribution in [2.24, 2.45) is 5.18 Å². The van der Waals surface area contributed by atoms with Crippen LogP contribution in [0.2, 0.25) is 0 Å². The summed E-state index contributed by atoms with van der Waals surface area (Å²) in [6.45, 7) is 3.86. The van der Waals surface area contributed by atoms with E-state index in [1.807, 2.05) is 13.8 Å². The van der Waals surface area contributed by atoms with E-state index in [0.717, 1.165) is 12.0 Å². The first-order valence-electron chi connectivity index (χ1n) is 2.29. The molecule has 0 saturated heterocycles. The van der Waals surface area contributed by atoms with Crippen LogP contribution in [0.4, 0.5) is 0 Å². The van der Waals surface area contributed by atoms with Gasteiger partial charge < -0.3 is 0 Å². The van der Waals surface area contributed by atoms with Crippen molar-refractivity contribution in [3.05, 3.63) is 16.7 Å². The van der Waals surface area contributed by atoms with Gasteiger partial charge >= 0.3 is 0 Å². The number of hydrogen-bond donors (Lipinski definition) is 0. The van der Waals surface area contributed by atoms with Crippen LogP contribution >= 0.6 is 0 Å². The van der Waals surface area contributed by atoms with Gasteiger partial charge in [-0.2, -0.15) is 0 Å². The number of nitrogens with zero attached hydrogens (tertiary/aromatic N) is 1. The van der Waals surface area contributed by atoms with E-state index in [1.165, 1.54) is 6.20 Å². The molecule has 0 aliphatic carbocycles. The smallest absolute Gasteiger partial charge is 0.0703 e. The molecular formula is C5H9NO. The van der Waals surface area contributed by atoms with Crippen molar-refractivity contribution in [1.29, 1.82) is 0 Å². The Bertz CT molecular complexity index is 86.1. The average Bonchev–Trinajstić information content (AvgIpc) is 1.68. The number of hydrogen-bond acceptors (Lipinski definition) is 2. The molecular weight excluding hydrogens is 90.1 g/mol. The summed E-state index contributed by atoms with van der Waals surface area (Å²) >= 11 is 0. The van der Waals surface area contributed by atoms with Crippen LogP contribution in [-0.4, -0.2) is 0 Å². The minimum Gasteiger partial charge on any atom is -0.145 e. The molecule has 40 valence electrons. The predicted molar refractivity (Wildman–Crippen MR) is 29.8 cm³/mol. The highest BCUT2D eigenvalue weighted by Gasteiger charge is 1.77. The van der Waals surface area contributed by atoms with Gasteiger partial charge in [0.15, 0.2) is 0 Å². The maximum atomic E-state index is 9.45. The molecule has 0 aromatic heterocycles. The van der Waals surface area contributed by atoms with Crippen molar-refractivity contribution in [2.75, 3.05) is 0 Å². The second kappa shape index (κ2) is 3.53. The lowest BCUT2D eigenvalue weighted by Crippen LogP contribution is -1.65. The number of rotatable bonds is 2. The SMILES string of the molecule is CC/C(C)=C/N=O. The highest BCUT2D eigenvalue weighted by Crippen LogP contribution is 1.95. The fraction of sp³-hybridized carbons (Fsp3) is 0.600. The molecule has 0 atom stereocenters. The molecule has 0 radical (unpaired) electrons. The lowest BCUT2D eigenvalue weighted by molar-refractivity contribution is 1.08. The Labute approximate surface area is 43.2 Å². The summed E-state index contributed by atoms with van der Waals surface area (Å²) in [6.07, 6.45) is 2.24. The van der Waals surface area contributed by atoms with Crippen molar-refractivity contribution in [2.45, 2.75) is 20.3 Å². The zero-order chi connectivity index (χ0) is 5.70. The van der Waals surface area contributed by atoms with E-state index in [-0.39, 0.29) is 0 Å². The summed E-state index contributed by atoms with van der Waals surface area (Å²) in [4.78, 5) is 9.45. The zero-order valence-electron chi connectivity index (χ0n) is 4.64. The Morgan fingerprint density at radius 1 is 1.86 bits per heavy atom. The molecule has 0 N–H and O–H groups in total. The Morgan fingerprint density at radius 3 is 2.57 bits per heavy atom. The molecule has 0 aliphatic heterocycles. The van der Waals surface area contributed by atoms with Gasteiger partial charge in [0.05, 0.1) is 6.20 Å². The molecule has 0 spiro atoms. The van der Waals surface area contributed by atoms with Crippen LogP contribution in [-0.2, 0) is 0 Å². The van der Waals surface area contributed by atoms with Crippen molar-refractivity contribution in [1.82, 2.24) is 0 Å². The van der Waals surface area contributed by atoms with Crippen LogP contribution < -0.4 is 0 Å². The summed E-state index contributed by atoms with van der Waals surface area (Å²) < 4.78 is 0. The van der Waals surface area contributed by atoms with Crippen molar-refractivity contribution in [3.63, 3.8) is 0 Å². The molecule has 0 unspecified atom stereocenters. The molecule has 2 heteroatoms. The van der Waals surface area contributed by atoms with E-state index in [1.54, 1.807) is 0 Å². The number of nitroso groups, excluding NO2 is 1. The third kappa shape index (κ3) is 3.16. The molecule has 0 aromatic carbocycles. The van der Waals surface area contributed by atoms with Gasteiger partial charge in [0.1, 0.15) is 0 Å². The normalized spacial score (nSPS) is 11.4. The van der Waals surface area contributed by atoms with Crippen LogP contribution in [0, 0.1) is 4.91 Å². The van der Waals surface area contributed by atoms with Crippen LogP contribution in [0.15, 0.2) is 16.9 Å². The first-order valence-corrected chi connectivity index (χ1v) is 2.29. The van der Waals surface area contributed by atoms with Crippen LogP contribution in [0.3, 0.4) is 0 Å². The third-order valence-corrected chi connectivity index (χ3v) is 0.831. The largest absolute Gasteiger partial charge is 0.145 e. The van der Waals surface area contributed by atoms with Gasteiger partial charge in [0, 0.05) is 0 Å². The lowest BCUT2D eigenvalue weighted by Gasteiger charge is -1.83. The summed E-state index contributed by atoms with van der Waals surface area (Å²) in [5.74, 6) is 0. The highest BCUT2D eigenvalue weighted by molar-refractivity contribution is 4.94. The number of allylic oxidation sites excluding steroid dienone is 1. The summed E-state index contributed by atoms with van der Waals surface area (Å²) in [5.41, 5.74) is 1.02. The van der Waals surface area contributed by atoms with Gasteiger partial charge in [-0.15, -0.1) is 4.91 Å². The molecule has 0 fully saturated rings.